The average molecular weight is 114 g/mol. The molecule has 0 saturated carbocycles. The number of hydrogen-bond acceptors (Lipinski definition) is 2. The van der Waals surface area contributed by atoms with Crippen LogP contribution in [0.3, 0.4) is 0 Å². The number of rotatable bonds is 2. The molecular formula is C6H10O2. The molecule has 0 aromatic rings. The average Bonchev–Trinajstić information content (AvgIpc) is 2.19. The van der Waals surface area contributed by atoms with Gasteiger partial charge in [-0.1, -0.05) is 12.2 Å². The highest BCUT2D eigenvalue weighted by Gasteiger charge is 2.06. The van der Waals surface area contributed by atoms with Crippen LogP contribution in [0, 0.1) is 0 Å². The molecule has 1 heterocycles. The molecule has 0 aliphatic carbocycles. The van der Waals surface area contributed by atoms with Crippen LogP contribution >= 0.6 is 0 Å². The van der Waals surface area contributed by atoms with Crippen LogP contribution < -0.4 is 0 Å². The summed E-state index contributed by atoms with van der Waals surface area (Å²) < 4.78 is 10.0. The molecule has 1 rings (SSSR count). The van der Waals surface area contributed by atoms with Crippen molar-refractivity contribution < 1.29 is 9.47 Å². The molecular weight excluding hydrogens is 104 g/mol. The molecule has 0 bridgehead atoms. The van der Waals surface area contributed by atoms with Crippen LogP contribution in [0.25, 0.3) is 0 Å². The molecule has 0 N–H and O–H groups in total. The van der Waals surface area contributed by atoms with E-state index in [1.54, 1.807) is 7.11 Å². The van der Waals surface area contributed by atoms with Crippen molar-refractivity contribution in [2.75, 3.05) is 20.3 Å². The van der Waals surface area contributed by atoms with E-state index in [-0.39, 0.29) is 6.10 Å². The van der Waals surface area contributed by atoms with Gasteiger partial charge in [-0.05, 0) is 0 Å². The van der Waals surface area contributed by atoms with Gasteiger partial charge in [0.2, 0.25) is 0 Å². The largest absolute Gasteiger partial charge is 0.382 e. The molecule has 0 fully saturated rings. The van der Waals surface area contributed by atoms with Gasteiger partial charge in [-0.25, -0.2) is 0 Å². The smallest absolute Gasteiger partial charge is 0.0994 e. The highest BCUT2D eigenvalue weighted by Crippen LogP contribution is 2.01. The summed E-state index contributed by atoms with van der Waals surface area (Å²) in [6, 6.07) is 0. The van der Waals surface area contributed by atoms with Crippen molar-refractivity contribution in [1.29, 1.82) is 0 Å². The first-order chi connectivity index (χ1) is 3.93. The predicted molar refractivity (Wildman–Crippen MR) is 30.8 cm³/mol. The third kappa shape index (κ3) is 1.32. The minimum Gasteiger partial charge on any atom is -0.382 e. The second-order valence-corrected chi connectivity index (χ2v) is 1.76. The second kappa shape index (κ2) is 2.84. The van der Waals surface area contributed by atoms with E-state index in [9.17, 15) is 0 Å². The van der Waals surface area contributed by atoms with E-state index in [0.717, 1.165) is 6.61 Å². The van der Waals surface area contributed by atoms with Gasteiger partial charge in [-0.2, -0.15) is 0 Å². The lowest BCUT2D eigenvalue weighted by Crippen LogP contribution is -2.11. The molecule has 0 unspecified atom stereocenters. The molecule has 0 aromatic heterocycles. The maximum atomic E-state index is 5.16. The Morgan fingerprint density at radius 1 is 1.88 bits per heavy atom. The number of hydrogen-bond donors (Lipinski definition) is 0. The summed E-state index contributed by atoms with van der Waals surface area (Å²) in [5.41, 5.74) is 0. The Bertz CT molecular complexity index is 88.5. The van der Waals surface area contributed by atoms with Crippen molar-refractivity contribution in [3.63, 3.8) is 0 Å². The Labute approximate surface area is 49.1 Å². The van der Waals surface area contributed by atoms with Gasteiger partial charge in [0.25, 0.3) is 0 Å². The molecule has 0 radical (unpaired) electrons. The lowest BCUT2D eigenvalue weighted by Gasteiger charge is -2.04. The normalized spacial score (nSPS) is 26.9. The Balaban J connectivity index is 2.16. The van der Waals surface area contributed by atoms with Gasteiger partial charge in [0.1, 0.15) is 0 Å². The summed E-state index contributed by atoms with van der Waals surface area (Å²) in [5.74, 6) is 0. The van der Waals surface area contributed by atoms with E-state index >= 15 is 0 Å². The van der Waals surface area contributed by atoms with Crippen molar-refractivity contribution in [2.45, 2.75) is 6.10 Å². The topological polar surface area (TPSA) is 18.5 Å². The zero-order valence-electron chi connectivity index (χ0n) is 4.96. The van der Waals surface area contributed by atoms with Crippen LogP contribution in [0.2, 0.25) is 0 Å². The monoisotopic (exact) mass is 114 g/mol. The maximum absolute atomic E-state index is 5.16. The van der Waals surface area contributed by atoms with Crippen LogP contribution in [-0.4, -0.2) is 26.4 Å². The van der Waals surface area contributed by atoms with Gasteiger partial charge in [-0.15, -0.1) is 0 Å². The number of ether oxygens (including phenoxy) is 2. The molecule has 0 aromatic carbocycles. The Kier molecular flexibility index (Phi) is 2.06. The standard InChI is InChI=1S/C6H10O2/c1-7-5-6-3-2-4-8-6/h2-3,6H,4-5H2,1H3/t6-/m1/s1. The fraction of sp³-hybridized carbons (Fsp3) is 0.667. The maximum Gasteiger partial charge on any atom is 0.0994 e. The zero-order chi connectivity index (χ0) is 5.82. The second-order valence-electron chi connectivity index (χ2n) is 1.76. The van der Waals surface area contributed by atoms with Gasteiger partial charge < -0.3 is 9.47 Å². The summed E-state index contributed by atoms with van der Waals surface area (Å²) in [6.45, 7) is 1.42. The summed E-state index contributed by atoms with van der Waals surface area (Å²) in [7, 11) is 1.68. The van der Waals surface area contributed by atoms with E-state index in [4.69, 9.17) is 9.47 Å². The molecule has 1 aliphatic rings. The van der Waals surface area contributed by atoms with Crippen LogP contribution in [-0.2, 0) is 9.47 Å². The van der Waals surface area contributed by atoms with Gasteiger partial charge in [0.05, 0.1) is 19.3 Å². The van der Waals surface area contributed by atoms with E-state index in [1.165, 1.54) is 0 Å². The first-order valence-corrected chi connectivity index (χ1v) is 2.70. The SMILES string of the molecule is COC[C@H]1C=CCO1. The van der Waals surface area contributed by atoms with Crippen LogP contribution in [0.1, 0.15) is 0 Å². The Morgan fingerprint density at radius 2 is 2.75 bits per heavy atom. The summed E-state index contributed by atoms with van der Waals surface area (Å²) in [6.07, 6.45) is 4.23. The van der Waals surface area contributed by atoms with Crippen molar-refractivity contribution in [1.82, 2.24) is 0 Å². The molecule has 2 nitrogen and oxygen atoms in total. The third-order valence-corrected chi connectivity index (χ3v) is 1.09. The molecule has 1 aliphatic heterocycles. The quantitative estimate of drug-likeness (QED) is 0.489. The van der Waals surface area contributed by atoms with Crippen molar-refractivity contribution >= 4 is 0 Å². The van der Waals surface area contributed by atoms with Gasteiger partial charge in [0.15, 0.2) is 0 Å². The number of methoxy groups -OCH3 is 1. The minimum absolute atomic E-state index is 0.208. The van der Waals surface area contributed by atoms with E-state index in [2.05, 4.69) is 0 Å². The summed E-state index contributed by atoms with van der Waals surface area (Å²) >= 11 is 0. The molecule has 0 spiro atoms. The van der Waals surface area contributed by atoms with Crippen LogP contribution in [0.4, 0.5) is 0 Å². The molecule has 0 amide bonds. The van der Waals surface area contributed by atoms with Crippen LogP contribution in [0.15, 0.2) is 12.2 Å². The van der Waals surface area contributed by atoms with E-state index in [1.807, 2.05) is 12.2 Å². The van der Waals surface area contributed by atoms with Crippen molar-refractivity contribution in [2.24, 2.45) is 0 Å². The van der Waals surface area contributed by atoms with E-state index in [0.29, 0.717) is 6.61 Å². The Hall–Kier alpha value is -0.340. The summed E-state index contributed by atoms with van der Waals surface area (Å²) in [4.78, 5) is 0. The lowest BCUT2D eigenvalue weighted by molar-refractivity contribution is 0.0522. The van der Waals surface area contributed by atoms with Gasteiger partial charge in [0, 0.05) is 7.11 Å². The zero-order valence-corrected chi connectivity index (χ0v) is 4.96. The molecule has 46 valence electrons. The lowest BCUT2D eigenvalue weighted by atomic mass is 10.4. The molecule has 2 heteroatoms. The molecule has 0 saturated heterocycles. The fourth-order valence-corrected chi connectivity index (χ4v) is 0.710. The first-order valence-electron chi connectivity index (χ1n) is 2.70. The molecule has 8 heavy (non-hydrogen) atoms. The fourth-order valence-electron chi connectivity index (χ4n) is 0.710. The Morgan fingerprint density at radius 3 is 3.25 bits per heavy atom. The van der Waals surface area contributed by atoms with Gasteiger partial charge in [-0.3, -0.25) is 0 Å². The first kappa shape index (κ1) is 5.79. The van der Waals surface area contributed by atoms with Crippen molar-refractivity contribution in [3.8, 4) is 0 Å². The van der Waals surface area contributed by atoms with Crippen molar-refractivity contribution in [3.05, 3.63) is 12.2 Å². The highest BCUT2D eigenvalue weighted by molar-refractivity contribution is 4.95. The third-order valence-electron chi connectivity index (χ3n) is 1.09. The predicted octanol–water partition coefficient (Wildman–Crippen LogP) is 0.588. The highest BCUT2D eigenvalue weighted by atomic mass is 16.5. The van der Waals surface area contributed by atoms with Crippen LogP contribution in [0.5, 0.6) is 0 Å². The molecule has 1 atom stereocenters. The van der Waals surface area contributed by atoms with Gasteiger partial charge >= 0.3 is 0 Å². The van der Waals surface area contributed by atoms with E-state index < -0.39 is 0 Å². The minimum atomic E-state index is 0.208. The summed E-state index contributed by atoms with van der Waals surface area (Å²) in [5, 5.41) is 0.